The molecule has 1 saturated carbocycles. The molecule has 0 bridgehead atoms. The molecule has 0 radical (unpaired) electrons. The standard InChI is InChI=1S/C31H39N7O3/c1-22(21-39)35-9-6-31(41-2,7-10-35)26-3-4-27(33-19-26)25-17-29-28(5-8-34-38(29)20-25)36-11-13-37(14-12-36)30(40)24-15-23(16-24)18-32/h3-5,8,17,19-20,22-24,39H,6-7,9-16,21H2,1-2H3/t22-,23-,24-/m1/s1. The molecule has 2 saturated heterocycles. The number of piperidine rings is 1. The Bertz CT molecular complexity index is 1410. The number of aliphatic hydroxyl groups excluding tert-OH is 1. The number of aromatic nitrogens is 3. The van der Waals surface area contributed by atoms with E-state index in [1.54, 1.807) is 7.11 Å². The second kappa shape index (κ2) is 11.4. The van der Waals surface area contributed by atoms with E-state index in [2.05, 4.69) is 46.1 Å². The number of piperazine rings is 1. The zero-order chi connectivity index (χ0) is 28.6. The number of nitriles is 1. The molecule has 2 aliphatic heterocycles. The Morgan fingerprint density at radius 3 is 2.56 bits per heavy atom. The number of nitrogens with zero attached hydrogens (tertiary/aromatic N) is 7. The minimum absolute atomic E-state index is 0.0208. The summed E-state index contributed by atoms with van der Waals surface area (Å²) in [5, 5.41) is 23.1. The normalized spacial score (nSPS) is 23.7. The summed E-state index contributed by atoms with van der Waals surface area (Å²) >= 11 is 0. The van der Waals surface area contributed by atoms with E-state index in [1.807, 2.05) is 34.1 Å². The van der Waals surface area contributed by atoms with Crippen molar-refractivity contribution in [2.45, 2.75) is 44.2 Å². The van der Waals surface area contributed by atoms with Crippen LogP contribution in [0.15, 0.2) is 42.9 Å². The van der Waals surface area contributed by atoms with E-state index in [0.29, 0.717) is 25.9 Å². The number of hydrogen-bond acceptors (Lipinski definition) is 8. The van der Waals surface area contributed by atoms with Gasteiger partial charge in [0.1, 0.15) is 0 Å². The molecule has 3 aromatic rings. The molecule has 3 fully saturated rings. The molecule has 3 aromatic heterocycles. The Morgan fingerprint density at radius 2 is 1.93 bits per heavy atom. The summed E-state index contributed by atoms with van der Waals surface area (Å²) in [6, 6.07) is 10.8. The first-order valence-electron chi connectivity index (χ1n) is 14.7. The molecule has 216 valence electrons. The predicted octanol–water partition coefficient (Wildman–Crippen LogP) is 2.91. The number of aliphatic hydroxyl groups is 1. The molecule has 0 spiro atoms. The number of rotatable bonds is 7. The highest BCUT2D eigenvalue weighted by molar-refractivity contribution is 5.81. The molecule has 1 aliphatic carbocycles. The Balaban J connectivity index is 1.14. The van der Waals surface area contributed by atoms with Gasteiger partial charge in [-0.15, -0.1) is 0 Å². The van der Waals surface area contributed by atoms with Gasteiger partial charge in [0, 0.05) is 94.0 Å². The van der Waals surface area contributed by atoms with Gasteiger partial charge in [-0.2, -0.15) is 10.4 Å². The van der Waals surface area contributed by atoms with Crippen LogP contribution in [-0.2, 0) is 15.1 Å². The Labute approximate surface area is 241 Å². The van der Waals surface area contributed by atoms with E-state index in [4.69, 9.17) is 15.0 Å². The van der Waals surface area contributed by atoms with Gasteiger partial charge in [0.15, 0.2) is 0 Å². The van der Waals surface area contributed by atoms with Gasteiger partial charge < -0.3 is 19.6 Å². The van der Waals surface area contributed by atoms with Gasteiger partial charge in [-0.1, -0.05) is 6.07 Å². The summed E-state index contributed by atoms with van der Waals surface area (Å²) in [5.74, 6) is 0.272. The maximum absolute atomic E-state index is 12.8. The third-order valence-electron chi connectivity index (χ3n) is 9.56. The topological polar surface area (TPSA) is 110 Å². The van der Waals surface area contributed by atoms with Gasteiger partial charge in [-0.3, -0.25) is 14.7 Å². The van der Waals surface area contributed by atoms with Crippen LogP contribution in [0.1, 0.15) is 38.2 Å². The zero-order valence-corrected chi connectivity index (χ0v) is 23.9. The van der Waals surface area contributed by atoms with Crippen LogP contribution in [0.4, 0.5) is 5.69 Å². The van der Waals surface area contributed by atoms with Crippen molar-refractivity contribution in [1.82, 2.24) is 24.4 Å². The molecule has 1 amide bonds. The van der Waals surface area contributed by atoms with Crippen LogP contribution >= 0.6 is 0 Å². The quantitative estimate of drug-likeness (QED) is 0.472. The number of carbonyl (C=O) groups is 1. The van der Waals surface area contributed by atoms with Gasteiger partial charge in [0.2, 0.25) is 5.91 Å². The number of ether oxygens (including phenoxy) is 1. The molecule has 10 nitrogen and oxygen atoms in total. The fraction of sp³-hybridized carbons (Fsp3) is 0.548. The molecule has 3 aliphatic rings. The van der Waals surface area contributed by atoms with Crippen molar-refractivity contribution in [2.24, 2.45) is 11.8 Å². The van der Waals surface area contributed by atoms with Gasteiger partial charge in [-0.25, -0.2) is 4.52 Å². The highest BCUT2D eigenvalue weighted by Crippen LogP contribution is 2.38. The summed E-state index contributed by atoms with van der Waals surface area (Å²) in [7, 11) is 1.78. The molecular formula is C31H39N7O3. The lowest BCUT2D eigenvalue weighted by Gasteiger charge is -2.42. The van der Waals surface area contributed by atoms with E-state index in [-0.39, 0.29) is 36.0 Å². The summed E-state index contributed by atoms with van der Waals surface area (Å²) < 4.78 is 7.98. The number of pyridine rings is 1. The molecule has 1 atom stereocenters. The maximum Gasteiger partial charge on any atom is 0.225 e. The van der Waals surface area contributed by atoms with Gasteiger partial charge >= 0.3 is 0 Å². The van der Waals surface area contributed by atoms with Crippen molar-refractivity contribution in [3.8, 4) is 17.3 Å². The minimum Gasteiger partial charge on any atom is -0.395 e. The first kappa shape index (κ1) is 27.6. The third-order valence-corrected chi connectivity index (χ3v) is 9.56. The monoisotopic (exact) mass is 557 g/mol. The van der Waals surface area contributed by atoms with Crippen molar-refractivity contribution < 1.29 is 14.6 Å². The number of methoxy groups -OCH3 is 1. The van der Waals surface area contributed by atoms with Crippen molar-refractivity contribution in [1.29, 1.82) is 5.26 Å². The molecule has 5 heterocycles. The van der Waals surface area contributed by atoms with Crippen LogP contribution in [0.2, 0.25) is 0 Å². The van der Waals surface area contributed by atoms with Crippen LogP contribution in [0.25, 0.3) is 16.8 Å². The lowest BCUT2D eigenvalue weighted by Crippen LogP contribution is -2.52. The summed E-state index contributed by atoms with van der Waals surface area (Å²) in [6.45, 7) is 6.89. The van der Waals surface area contributed by atoms with Gasteiger partial charge in [0.05, 0.1) is 35.2 Å². The SMILES string of the molecule is COC1(c2ccc(-c3cc4c(N5CCN(C(=O)[C@H]6C[C@H](C#N)C6)CC5)ccnn4c3)nc2)CCN([C@H](C)CO)CC1. The zero-order valence-electron chi connectivity index (χ0n) is 23.9. The predicted molar refractivity (Wildman–Crippen MR) is 155 cm³/mol. The van der Waals surface area contributed by atoms with Gasteiger partial charge in [0.25, 0.3) is 0 Å². The number of anilines is 1. The van der Waals surface area contributed by atoms with Crippen molar-refractivity contribution in [2.75, 3.05) is 57.9 Å². The summed E-state index contributed by atoms with van der Waals surface area (Å²) in [6.07, 6.45) is 8.91. The highest BCUT2D eigenvalue weighted by Gasteiger charge is 2.39. The van der Waals surface area contributed by atoms with Crippen molar-refractivity contribution >= 4 is 17.1 Å². The van der Waals surface area contributed by atoms with Crippen LogP contribution in [0.5, 0.6) is 0 Å². The van der Waals surface area contributed by atoms with E-state index < -0.39 is 0 Å². The number of fused-ring (bicyclic) bond motifs is 1. The first-order valence-corrected chi connectivity index (χ1v) is 14.7. The van der Waals surface area contributed by atoms with E-state index in [9.17, 15) is 9.90 Å². The first-order chi connectivity index (χ1) is 19.9. The molecule has 6 rings (SSSR count). The number of likely N-dealkylation sites (tertiary alicyclic amines) is 1. The van der Waals surface area contributed by atoms with Crippen LogP contribution in [-0.4, -0.2) is 94.4 Å². The van der Waals surface area contributed by atoms with E-state index in [0.717, 1.165) is 67.0 Å². The second-order valence-electron chi connectivity index (χ2n) is 11.8. The van der Waals surface area contributed by atoms with Crippen LogP contribution < -0.4 is 4.90 Å². The van der Waals surface area contributed by atoms with Crippen LogP contribution in [0, 0.1) is 23.2 Å². The molecular weight excluding hydrogens is 518 g/mol. The minimum atomic E-state index is -0.364. The molecule has 0 aromatic carbocycles. The summed E-state index contributed by atoms with van der Waals surface area (Å²) in [4.78, 5) is 24.3. The fourth-order valence-electron chi connectivity index (χ4n) is 6.64. The summed E-state index contributed by atoms with van der Waals surface area (Å²) in [5.41, 5.74) is 4.72. The second-order valence-corrected chi connectivity index (χ2v) is 11.8. The number of hydrogen-bond donors (Lipinski definition) is 1. The Morgan fingerprint density at radius 1 is 1.17 bits per heavy atom. The van der Waals surface area contributed by atoms with Crippen LogP contribution in [0.3, 0.4) is 0 Å². The molecule has 41 heavy (non-hydrogen) atoms. The largest absolute Gasteiger partial charge is 0.395 e. The Kier molecular flexibility index (Phi) is 7.68. The van der Waals surface area contributed by atoms with E-state index >= 15 is 0 Å². The van der Waals surface area contributed by atoms with Crippen molar-refractivity contribution in [3.05, 3.63) is 48.4 Å². The molecule has 0 unspecified atom stereocenters. The molecule has 10 heteroatoms. The van der Waals surface area contributed by atoms with Gasteiger partial charge in [-0.05, 0) is 50.8 Å². The highest BCUT2D eigenvalue weighted by atomic mass is 16.5. The average Bonchev–Trinajstić information content (AvgIpc) is 3.45. The average molecular weight is 558 g/mol. The molecule has 1 N–H and O–H groups in total. The lowest BCUT2D eigenvalue weighted by atomic mass is 9.75. The maximum atomic E-state index is 12.8. The Hall–Kier alpha value is -3.52. The van der Waals surface area contributed by atoms with E-state index in [1.165, 1.54) is 0 Å². The number of carbonyl (C=O) groups excluding carboxylic acids is 1. The number of amides is 1. The van der Waals surface area contributed by atoms with Crippen molar-refractivity contribution in [3.63, 3.8) is 0 Å². The lowest BCUT2D eigenvalue weighted by molar-refractivity contribution is -0.139. The third kappa shape index (κ3) is 5.18. The smallest absolute Gasteiger partial charge is 0.225 e. The fourth-order valence-corrected chi connectivity index (χ4v) is 6.64.